The highest BCUT2D eigenvalue weighted by Gasteiger charge is 2.27. The molecule has 5 nitrogen and oxygen atoms in total. The molecule has 1 fully saturated rings. The third-order valence-corrected chi connectivity index (χ3v) is 4.05. The van der Waals surface area contributed by atoms with Gasteiger partial charge in [0.05, 0.1) is 19.1 Å². The van der Waals surface area contributed by atoms with Gasteiger partial charge in [-0.2, -0.15) is 0 Å². The van der Waals surface area contributed by atoms with Crippen molar-refractivity contribution in [3.63, 3.8) is 0 Å². The number of nitrogens with two attached hydrogens (primary N) is 1. The number of amides is 2. The van der Waals surface area contributed by atoms with Gasteiger partial charge in [-0.05, 0) is 36.5 Å². The maximum absolute atomic E-state index is 13.1. The largest absolute Gasteiger partial charge is 0.347 e. The Labute approximate surface area is 129 Å². The lowest BCUT2D eigenvalue weighted by Gasteiger charge is -2.25. The van der Waals surface area contributed by atoms with E-state index in [2.05, 4.69) is 10.6 Å². The van der Waals surface area contributed by atoms with E-state index < -0.39 is 0 Å². The first-order valence-corrected chi connectivity index (χ1v) is 7.61. The molecule has 1 atom stereocenters. The standard InChI is InChI=1S/C16H22FN3O2/c17-13-7-5-12(6-8-13)16(11-3-1-2-4-11)20-15(22)10-19-14(21)9-18/h5-8,11,16H,1-4,9-10,18H2,(H,19,21)(H,20,22). The molecule has 2 rings (SSSR count). The van der Waals surface area contributed by atoms with Gasteiger partial charge in [-0.3, -0.25) is 9.59 Å². The molecule has 4 N–H and O–H groups in total. The lowest BCUT2D eigenvalue weighted by Crippen LogP contribution is -2.42. The highest BCUT2D eigenvalue weighted by molar-refractivity contribution is 5.85. The second-order valence-corrected chi connectivity index (χ2v) is 5.62. The van der Waals surface area contributed by atoms with E-state index >= 15 is 0 Å². The first kappa shape index (κ1) is 16.4. The van der Waals surface area contributed by atoms with Gasteiger partial charge in [-0.25, -0.2) is 4.39 Å². The minimum absolute atomic E-state index is 0.0968. The summed E-state index contributed by atoms with van der Waals surface area (Å²) in [4.78, 5) is 23.1. The Morgan fingerprint density at radius 1 is 1.18 bits per heavy atom. The first-order chi connectivity index (χ1) is 10.6. The second-order valence-electron chi connectivity index (χ2n) is 5.62. The SMILES string of the molecule is NCC(=O)NCC(=O)NC(c1ccc(F)cc1)C1CCCC1. The third kappa shape index (κ3) is 4.53. The van der Waals surface area contributed by atoms with Gasteiger partial charge in [-0.1, -0.05) is 25.0 Å². The van der Waals surface area contributed by atoms with Gasteiger partial charge in [0.15, 0.2) is 0 Å². The minimum atomic E-state index is -0.366. The molecule has 0 heterocycles. The summed E-state index contributed by atoms with van der Waals surface area (Å²) in [6.45, 7) is -0.238. The van der Waals surface area contributed by atoms with Crippen molar-refractivity contribution in [2.24, 2.45) is 11.7 Å². The lowest BCUT2D eigenvalue weighted by molar-refractivity contribution is -0.126. The number of hydrogen-bond donors (Lipinski definition) is 3. The Balaban J connectivity index is 2.03. The van der Waals surface area contributed by atoms with Crippen molar-refractivity contribution >= 4 is 11.8 Å². The molecule has 1 unspecified atom stereocenters. The normalized spacial score (nSPS) is 16.3. The summed E-state index contributed by atoms with van der Waals surface area (Å²) in [7, 11) is 0. The van der Waals surface area contributed by atoms with Gasteiger partial charge in [0.25, 0.3) is 0 Å². The first-order valence-electron chi connectivity index (χ1n) is 7.61. The van der Waals surface area contributed by atoms with E-state index in [-0.39, 0.29) is 36.8 Å². The van der Waals surface area contributed by atoms with Crippen LogP contribution in [0, 0.1) is 11.7 Å². The molecular weight excluding hydrogens is 285 g/mol. The van der Waals surface area contributed by atoms with Gasteiger partial charge in [0, 0.05) is 0 Å². The molecule has 0 bridgehead atoms. The van der Waals surface area contributed by atoms with Crippen molar-refractivity contribution in [1.29, 1.82) is 0 Å². The van der Waals surface area contributed by atoms with Crippen molar-refractivity contribution < 1.29 is 14.0 Å². The monoisotopic (exact) mass is 307 g/mol. The molecule has 0 spiro atoms. The molecule has 1 aliphatic carbocycles. The van der Waals surface area contributed by atoms with Crippen molar-refractivity contribution in [3.8, 4) is 0 Å². The minimum Gasteiger partial charge on any atom is -0.347 e. The predicted molar refractivity (Wildman–Crippen MR) is 81.3 cm³/mol. The van der Waals surface area contributed by atoms with Crippen molar-refractivity contribution in [2.75, 3.05) is 13.1 Å². The second kappa shape index (κ2) is 7.89. The lowest BCUT2D eigenvalue weighted by atomic mass is 9.91. The van der Waals surface area contributed by atoms with Crippen LogP contribution in [0.15, 0.2) is 24.3 Å². The predicted octanol–water partition coefficient (Wildman–Crippen LogP) is 1.25. The van der Waals surface area contributed by atoms with Gasteiger partial charge >= 0.3 is 0 Å². The molecule has 2 amide bonds. The van der Waals surface area contributed by atoms with Crippen LogP contribution in [0.5, 0.6) is 0 Å². The van der Waals surface area contributed by atoms with E-state index in [0.717, 1.165) is 31.2 Å². The Bertz CT molecular complexity index is 513. The fourth-order valence-electron chi connectivity index (χ4n) is 2.91. The zero-order chi connectivity index (χ0) is 15.9. The number of nitrogens with one attached hydrogen (secondary N) is 2. The average molecular weight is 307 g/mol. The summed E-state index contributed by atoms with van der Waals surface area (Å²) in [6, 6.07) is 6.07. The molecule has 120 valence electrons. The van der Waals surface area contributed by atoms with Crippen LogP contribution >= 0.6 is 0 Å². The number of benzene rings is 1. The molecule has 1 aliphatic rings. The topological polar surface area (TPSA) is 84.2 Å². The van der Waals surface area contributed by atoms with Crippen LogP contribution in [-0.2, 0) is 9.59 Å². The van der Waals surface area contributed by atoms with Gasteiger partial charge < -0.3 is 16.4 Å². The zero-order valence-corrected chi connectivity index (χ0v) is 12.5. The summed E-state index contributed by atoms with van der Waals surface area (Å²) >= 11 is 0. The average Bonchev–Trinajstić information content (AvgIpc) is 3.05. The highest BCUT2D eigenvalue weighted by atomic mass is 19.1. The molecule has 0 radical (unpaired) electrons. The summed E-state index contributed by atoms with van der Waals surface area (Å²) in [5, 5.41) is 5.41. The Kier molecular flexibility index (Phi) is 5.89. The Morgan fingerprint density at radius 3 is 2.41 bits per heavy atom. The van der Waals surface area contributed by atoms with E-state index in [4.69, 9.17) is 5.73 Å². The third-order valence-electron chi connectivity index (χ3n) is 4.05. The summed E-state index contributed by atoms with van der Waals surface area (Å²) in [5.41, 5.74) is 6.08. The Morgan fingerprint density at radius 2 is 1.82 bits per heavy atom. The van der Waals surface area contributed by atoms with Crippen LogP contribution in [-0.4, -0.2) is 24.9 Å². The maximum atomic E-state index is 13.1. The number of carbonyl (C=O) groups is 2. The summed E-state index contributed by atoms with van der Waals surface area (Å²) in [5.74, 6) is -0.576. The van der Waals surface area contributed by atoms with E-state index in [9.17, 15) is 14.0 Å². The van der Waals surface area contributed by atoms with Crippen LogP contribution in [0.3, 0.4) is 0 Å². The van der Waals surface area contributed by atoms with Crippen molar-refractivity contribution in [1.82, 2.24) is 10.6 Å². The van der Waals surface area contributed by atoms with Crippen LogP contribution in [0.2, 0.25) is 0 Å². The van der Waals surface area contributed by atoms with Crippen molar-refractivity contribution in [2.45, 2.75) is 31.7 Å². The smallest absolute Gasteiger partial charge is 0.239 e. The van der Waals surface area contributed by atoms with Gasteiger partial charge in [-0.15, -0.1) is 0 Å². The number of hydrogen-bond acceptors (Lipinski definition) is 3. The molecule has 1 aromatic carbocycles. The van der Waals surface area contributed by atoms with Crippen molar-refractivity contribution in [3.05, 3.63) is 35.6 Å². The molecule has 1 aromatic rings. The van der Waals surface area contributed by atoms with Crippen LogP contribution in [0.25, 0.3) is 0 Å². The number of carbonyl (C=O) groups excluding carboxylic acids is 2. The molecule has 22 heavy (non-hydrogen) atoms. The zero-order valence-electron chi connectivity index (χ0n) is 12.5. The van der Waals surface area contributed by atoms with E-state index in [1.807, 2.05) is 0 Å². The van der Waals surface area contributed by atoms with E-state index in [1.54, 1.807) is 12.1 Å². The summed E-state index contributed by atoms with van der Waals surface area (Å²) in [6.07, 6.45) is 4.36. The molecule has 0 aromatic heterocycles. The van der Waals surface area contributed by atoms with Crippen LogP contribution in [0.1, 0.15) is 37.3 Å². The highest BCUT2D eigenvalue weighted by Crippen LogP contribution is 2.35. The van der Waals surface area contributed by atoms with E-state index in [1.165, 1.54) is 12.1 Å². The molecule has 0 aliphatic heterocycles. The fraction of sp³-hybridized carbons (Fsp3) is 0.500. The Hall–Kier alpha value is -1.95. The van der Waals surface area contributed by atoms with Gasteiger partial charge in [0.1, 0.15) is 5.82 Å². The van der Waals surface area contributed by atoms with Gasteiger partial charge in [0.2, 0.25) is 11.8 Å². The molecule has 0 saturated heterocycles. The quantitative estimate of drug-likeness (QED) is 0.739. The fourth-order valence-corrected chi connectivity index (χ4v) is 2.91. The van der Waals surface area contributed by atoms with Crippen LogP contribution in [0.4, 0.5) is 4.39 Å². The number of rotatable bonds is 6. The molecular formula is C16H22FN3O2. The summed E-state index contributed by atoms with van der Waals surface area (Å²) < 4.78 is 13.1. The van der Waals surface area contributed by atoms with Crippen LogP contribution < -0.4 is 16.4 Å². The number of halogens is 1. The molecule has 6 heteroatoms. The maximum Gasteiger partial charge on any atom is 0.239 e. The molecule has 1 saturated carbocycles. The van der Waals surface area contributed by atoms with E-state index in [0.29, 0.717) is 5.92 Å².